The van der Waals surface area contributed by atoms with Gasteiger partial charge in [0.25, 0.3) is 5.91 Å². The Hall–Kier alpha value is -1.42. The lowest BCUT2D eigenvalue weighted by Gasteiger charge is -2.29. The van der Waals surface area contributed by atoms with Crippen LogP contribution in [0.1, 0.15) is 41.6 Å². The van der Waals surface area contributed by atoms with Gasteiger partial charge in [-0.15, -0.1) is 0 Å². The molecule has 1 amide bonds. The molecule has 104 valence electrons. The summed E-state index contributed by atoms with van der Waals surface area (Å²) in [6.45, 7) is 2.05. The maximum atomic E-state index is 13.0. The van der Waals surface area contributed by atoms with Gasteiger partial charge in [-0.25, -0.2) is 4.39 Å². The monoisotopic (exact) mass is 265 g/mol. The van der Waals surface area contributed by atoms with Crippen LogP contribution in [0, 0.1) is 12.7 Å². The van der Waals surface area contributed by atoms with E-state index in [-0.39, 0.29) is 11.7 Å². The van der Waals surface area contributed by atoms with Crippen molar-refractivity contribution in [2.45, 2.75) is 38.2 Å². The van der Waals surface area contributed by atoms with Gasteiger partial charge in [0, 0.05) is 19.2 Å². The molecule has 1 aliphatic rings. The first-order valence-corrected chi connectivity index (χ1v) is 6.65. The summed E-state index contributed by atoms with van der Waals surface area (Å²) in [5, 5.41) is 10.3. The molecule has 19 heavy (non-hydrogen) atoms. The summed E-state index contributed by atoms with van der Waals surface area (Å²) in [5.74, 6) is -0.510. The Kier molecular flexibility index (Phi) is 3.90. The Bertz CT molecular complexity index is 481. The minimum absolute atomic E-state index is 0.169. The van der Waals surface area contributed by atoms with Gasteiger partial charge in [0.1, 0.15) is 5.82 Å². The minimum Gasteiger partial charge on any atom is -0.388 e. The van der Waals surface area contributed by atoms with Crippen LogP contribution in [0.3, 0.4) is 0 Å². The van der Waals surface area contributed by atoms with Crippen LogP contribution in [0.25, 0.3) is 0 Å². The largest absolute Gasteiger partial charge is 0.388 e. The van der Waals surface area contributed by atoms with Crippen molar-refractivity contribution in [2.75, 3.05) is 13.6 Å². The molecule has 1 aliphatic carbocycles. The van der Waals surface area contributed by atoms with Crippen LogP contribution in [0.15, 0.2) is 18.2 Å². The van der Waals surface area contributed by atoms with Crippen LogP contribution in [-0.2, 0) is 0 Å². The first kappa shape index (κ1) is 14.0. The second-order valence-electron chi connectivity index (χ2n) is 5.55. The van der Waals surface area contributed by atoms with E-state index in [1.807, 2.05) is 0 Å². The van der Waals surface area contributed by atoms with Crippen LogP contribution in [0.4, 0.5) is 4.39 Å². The SMILES string of the molecule is Cc1cc(F)ccc1C(=O)N(C)CC1(O)CCCC1. The molecule has 0 atom stereocenters. The van der Waals surface area contributed by atoms with Gasteiger partial charge in [0.2, 0.25) is 0 Å². The predicted molar refractivity (Wildman–Crippen MR) is 71.5 cm³/mol. The molecule has 0 unspecified atom stereocenters. The van der Waals surface area contributed by atoms with Gasteiger partial charge in [-0.05, 0) is 43.5 Å². The van der Waals surface area contributed by atoms with Crippen LogP contribution in [0.5, 0.6) is 0 Å². The summed E-state index contributed by atoms with van der Waals surface area (Å²) >= 11 is 0. The first-order chi connectivity index (χ1) is 8.91. The third-order valence-corrected chi connectivity index (χ3v) is 3.83. The van der Waals surface area contributed by atoms with E-state index in [1.165, 1.54) is 23.1 Å². The molecule has 0 aliphatic heterocycles. The lowest BCUT2D eigenvalue weighted by molar-refractivity contribution is 0.0156. The Morgan fingerprint density at radius 3 is 2.63 bits per heavy atom. The topological polar surface area (TPSA) is 40.5 Å². The van der Waals surface area contributed by atoms with Crippen LogP contribution in [-0.4, -0.2) is 35.1 Å². The number of aliphatic hydroxyl groups is 1. The van der Waals surface area contributed by atoms with Gasteiger partial charge < -0.3 is 10.0 Å². The summed E-state index contributed by atoms with van der Waals surface area (Å²) in [4.78, 5) is 13.8. The zero-order valence-electron chi connectivity index (χ0n) is 11.4. The highest BCUT2D eigenvalue weighted by Crippen LogP contribution is 2.30. The van der Waals surface area contributed by atoms with E-state index in [1.54, 1.807) is 14.0 Å². The maximum Gasteiger partial charge on any atom is 0.253 e. The average molecular weight is 265 g/mol. The van der Waals surface area contributed by atoms with Crippen molar-refractivity contribution in [3.63, 3.8) is 0 Å². The molecule has 1 saturated carbocycles. The highest BCUT2D eigenvalue weighted by molar-refractivity contribution is 5.95. The molecule has 0 bridgehead atoms. The molecular weight excluding hydrogens is 245 g/mol. The number of hydrogen-bond acceptors (Lipinski definition) is 2. The standard InChI is InChI=1S/C15H20FNO2/c1-11-9-12(16)5-6-13(11)14(18)17(2)10-15(19)7-3-4-8-15/h5-6,9,19H,3-4,7-8,10H2,1-2H3. The van der Waals surface area contributed by atoms with Crippen LogP contribution in [0.2, 0.25) is 0 Å². The van der Waals surface area contributed by atoms with E-state index in [0.717, 1.165) is 25.7 Å². The fourth-order valence-corrected chi connectivity index (χ4v) is 2.78. The summed E-state index contributed by atoms with van der Waals surface area (Å²) in [5.41, 5.74) is 0.360. The minimum atomic E-state index is -0.752. The third-order valence-electron chi connectivity index (χ3n) is 3.83. The van der Waals surface area contributed by atoms with Crippen molar-refractivity contribution in [1.29, 1.82) is 0 Å². The number of nitrogens with zero attached hydrogens (tertiary/aromatic N) is 1. The normalized spacial score (nSPS) is 17.5. The number of carbonyl (C=O) groups excluding carboxylic acids is 1. The molecule has 0 saturated heterocycles. The molecule has 1 aromatic rings. The summed E-state index contributed by atoms with van der Waals surface area (Å²) in [7, 11) is 1.68. The first-order valence-electron chi connectivity index (χ1n) is 6.65. The van der Waals surface area contributed by atoms with Crippen molar-refractivity contribution < 1.29 is 14.3 Å². The smallest absolute Gasteiger partial charge is 0.253 e. The van der Waals surface area contributed by atoms with Gasteiger partial charge >= 0.3 is 0 Å². The van der Waals surface area contributed by atoms with Crippen molar-refractivity contribution >= 4 is 5.91 Å². The Labute approximate surface area is 113 Å². The third kappa shape index (κ3) is 3.13. The van der Waals surface area contributed by atoms with E-state index >= 15 is 0 Å². The zero-order valence-corrected chi connectivity index (χ0v) is 11.4. The lowest BCUT2D eigenvalue weighted by Crippen LogP contribution is -2.42. The van der Waals surface area contributed by atoms with Gasteiger partial charge in [-0.2, -0.15) is 0 Å². The summed E-state index contributed by atoms with van der Waals surface area (Å²) < 4.78 is 13.0. The maximum absolute atomic E-state index is 13.0. The highest BCUT2D eigenvalue weighted by Gasteiger charge is 2.33. The van der Waals surface area contributed by atoms with Crippen molar-refractivity contribution in [1.82, 2.24) is 4.90 Å². The predicted octanol–water partition coefficient (Wildman–Crippen LogP) is 2.51. The Balaban J connectivity index is 2.10. The van der Waals surface area contributed by atoms with E-state index in [0.29, 0.717) is 17.7 Å². The molecule has 0 radical (unpaired) electrons. The number of carbonyl (C=O) groups is 1. The van der Waals surface area contributed by atoms with Gasteiger partial charge in [0.05, 0.1) is 5.60 Å². The van der Waals surface area contributed by atoms with Gasteiger partial charge in [-0.1, -0.05) is 12.8 Å². The molecule has 2 rings (SSSR count). The highest BCUT2D eigenvalue weighted by atomic mass is 19.1. The van der Waals surface area contributed by atoms with Crippen molar-refractivity contribution in [3.8, 4) is 0 Å². The number of hydrogen-bond donors (Lipinski definition) is 1. The molecule has 1 aromatic carbocycles. The molecule has 0 aromatic heterocycles. The van der Waals surface area contributed by atoms with Crippen molar-refractivity contribution in [2.24, 2.45) is 0 Å². The number of amides is 1. The summed E-state index contributed by atoms with van der Waals surface area (Å²) in [6.07, 6.45) is 3.50. The van der Waals surface area contributed by atoms with E-state index in [2.05, 4.69) is 0 Å². The number of aryl methyl sites for hydroxylation is 1. The Morgan fingerprint density at radius 2 is 2.05 bits per heavy atom. The number of rotatable bonds is 3. The zero-order chi connectivity index (χ0) is 14.0. The summed E-state index contributed by atoms with van der Waals surface area (Å²) in [6, 6.07) is 4.14. The molecule has 1 fully saturated rings. The van der Waals surface area contributed by atoms with Crippen molar-refractivity contribution in [3.05, 3.63) is 35.1 Å². The van der Waals surface area contributed by atoms with Gasteiger partial charge in [-0.3, -0.25) is 4.79 Å². The second-order valence-corrected chi connectivity index (χ2v) is 5.55. The molecule has 0 spiro atoms. The second kappa shape index (κ2) is 5.29. The van der Waals surface area contributed by atoms with E-state index in [9.17, 15) is 14.3 Å². The number of likely N-dealkylation sites (N-methyl/N-ethyl adjacent to an activating group) is 1. The average Bonchev–Trinajstić information content (AvgIpc) is 2.75. The number of halogens is 1. The molecule has 1 N–H and O–H groups in total. The van der Waals surface area contributed by atoms with Crippen LogP contribution < -0.4 is 0 Å². The van der Waals surface area contributed by atoms with Gasteiger partial charge in [0.15, 0.2) is 0 Å². The quantitative estimate of drug-likeness (QED) is 0.912. The fraction of sp³-hybridized carbons (Fsp3) is 0.533. The number of benzene rings is 1. The van der Waals surface area contributed by atoms with E-state index in [4.69, 9.17) is 0 Å². The molecule has 0 heterocycles. The molecule has 4 heteroatoms. The Morgan fingerprint density at radius 1 is 1.42 bits per heavy atom. The lowest BCUT2D eigenvalue weighted by atomic mass is 10.0. The van der Waals surface area contributed by atoms with E-state index < -0.39 is 5.60 Å². The van der Waals surface area contributed by atoms with Crippen LogP contribution >= 0.6 is 0 Å². The molecule has 3 nitrogen and oxygen atoms in total. The molecular formula is C15H20FNO2. The fourth-order valence-electron chi connectivity index (χ4n) is 2.78.